The summed E-state index contributed by atoms with van der Waals surface area (Å²) in [6.07, 6.45) is 7.35. The molecule has 0 radical (unpaired) electrons. The minimum absolute atomic E-state index is 0.132. The molecule has 0 aliphatic heterocycles. The van der Waals surface area contributed by atoms with Crippen LogP contribution in [0.15, 0.2) is 30.3 Å². The van der Waals surface area contributed by atoms with Crippen molar-refractivity contribution in [2.24, 2.45) is 0 Å². The smallest absolute Gasteiger partial charge is 0.0806 e. The van der Waals surface area contributed by atoms with Gasteiger partial charge in [0.2, 0.25) is 0 Å². The number of hydrogen-bond acceptors (Lipinski definition) is 2. The molecule has 0 aromatic heterocycles. The quantitative estimate of drug-likeness (QED) is 0.722. The van der Waals surface area contributed by atoms with Crippen molar-refractivity contribution in [1.29, 1.82) is 0 Å². The fraction of sp³-hybridized carbons (Fsp3) is 0.647. The Labute approximate surface area is 117 Å². The van der Waals surface area contributed by atoms with Gasteiger partial charge >= 0.3 is 0 Å². The molecule has 0 heterocycles. The van der Waals surface area contributed by atoms with E-state index in [2.05, 4.69) is 42.6 Å². The van der Waals surface area contributed by atoms with Crippen LogP contribution in [0.5, 0.6) is 0 Å². The van der Waals surface area contributed by atoms with Crippen LogP contribution in [0.25, 0.3) is 0 Å². The maximum absolute atomic E-state index is 6.25. The van der Waals surface area contributed by atoms with Crippen LogP contribution in [0, 0.1) is 0 Å². The average Bonchev–Trinajstić information content (AvgIpc) is 2.92. The molecule has 0 bridgehead atoms. The van der Waals surface area contributed by atoms with Crippen molar-refractivity contribution < 1.29 is 4.74 Å². The number of benzene rings is 1. The Morgan fingerprint density at radius 1 is 1.16 bits per heavy atom. The first-order valence-corrected chi connectivity index (χ1v) is 7.73. The molecule has 1 aliphatic rings. The molecule has 2 rings (SSSR count). The molecule has 1 aromatic rings. The van der Waals surface area contributed by atoms with Crippen LogP contribution in [-0.4, -0.2) is 25.3 Å². The number of nitrogens with one attached hydrogen (secondary N) is 1. The van der Waals surface area contributed by atoms with Crippen LogP contribution in [0.4, 0.5) is 0 Å². The zero-order valence-corrected chi connectivity index (χ0v) is 12.2. The Morgan fingerprint density at radius 3 is 2.58 bits per heavy atom. The van der Waals surface area contributed by atoms with Gasteiger partial charge in [0.1, 0.15) is 0 Å². The summed E-state index contributed by atoms with van der Waals surface area (Å²) in [5.41, 5.74) is 1.55. The molecule has 1 aliphatic carbocycles. The van der Waals surface area contributed by atoms with Gasteiger partial charge < -0.3 is 10.1 Å². The molecule has 0 amide bonds. The van der Waals surface area contributed by atoms with Crippen LogP contribution in [0.3, 0.4) is 0 Å². The number of aryl methyl sites for hydroxylation is 1. The molecule has 2 heteroatoms. The first-order chi connectivity index (χ1) is 9.35. The second-order valence-corrected chi connectivity index (χ2v) is 5.61. The van der Waals surface area contributed by atoms with Crippen LogP contribution in [0.2, 0.25) is 0 Å². The number of hydrogen-bond donors (Lipinski definition) is 1. The van der Waals surface area contributed by atoms with Crippen molar-refractivity contribution >= 4 is 0 Å². The third-order valence-electron chi connectivity index (χ3n) is 4.07. The summed E-state index contributed by atoms with van der Waals surface area (Å²) in [6.45, 7) is 5.11. The summed E-state index contributed by atoms with van der Waals surface area (Å²) >= 11 is 0. The molecular weight excluding hydrogens is 234 g/mol. The lowest BCUT2D eigenvalue weighted by Gasteiger charge is -2.29. The highest BCUT2D eigenvalue weighted by Crippen LogP contribution is 2.32. The molecule has 1 fully saturated rings. The predicted molar refractivity (Wildman–Crippen MR) is 80.5 cm³/mol. The summed E-state index contributed by atoms with van der Waals surface area (Å²) in [7, 11) is 0. The Kier molecular flexibility index (Phi) is 5.87. The third-order valence-corrected chi connectivity index (χ3v) is 4.07. The van der Waals surface area contributed by atoms with E-state index in [1.165, 1.54) is 31.2 Å². The summed E-state index contributed by atoms with van der Waals surface area (Å²) < 4.78 is 6.25. The molecule has 2 nitrogen and oxygen atoms in total. The van der Waals surface area contributed by atoms with E-state index in [1.54, 1.807) is 0 Å². The molecule has 1 saturated carbocycles. The molecule has 106 valence electrons. The third kappa shape index (κ3) is 4.63. The van der Waals surface area contributed by atoms with E-state index in [0.717, 1.165) is 32.5 Å². The molecule has 0 unspecified atom stereocenters. The normalized spacial score (nSPS) is 17.7. The van der Waals surface area contributed by atoms with Crippen LogP contribution in [-0.2, 0) is 11.2 Å². The lowest BCUT2D eigenvalue weighted by atomic mass is 10.0. The van der Waals surface area contributed by atoms with Crippen molar-refractivity contribution in [3.63, 3.8) is 0 Å². The molecule has 1 aromatic carbocycles. The molecule has 0 atom stereocenters. The standard InChI is InChI=1S/C17H27NO/c1-2-18-15-17(12-6-7-13-17)19-14-8-11-16-9-4-3-5-10-16/h3-5,9-10,18H,2,6-8,11-15H2,1H3. The summed E-state index contributed by atoms with van der Waals surface area (Å²) in [5, 5.41) is 3.46. The average molecular weight is 261 g/mol. The Bertz CT molecular complexity index is 344. The Hall–Kier alpha value is -0.860. The number of rotatable bonds is 8. The number of likely N-dealkylation sites (N-methyl/N-ethyl adjacent to an activating group) is 1. The lowest BCUT2D eigenvalue weighted by molar-refractivity contribution is -0.0398. The van der Waals surface area contributed by atoms with Crippen molar-refractivity contribution in [2.75, 3.05) is 19.7 Å². The van der Waals surface area contributed by atoms with Gasteiger partial charge in [-0.2, -0.15) is 0 Å². The fourth-order valence-electron chi connectivity index (χ4n) is 2.95. The van der Waals surface area contributed by atoms with E-state index in [-0.39, 0.29) is 5.60 Å². The predicted octanol–water partition coefficient (Wildman–Crippen LogP) is 3.56. The zero-order valence-electron chi connectivity index (χ0n) is 12.2. The van der Waals surface area contributed by atoms with Gasteiger partial charge in [-0.3, -0.25) is 0 Å². The first kappa shape index (κ1) is 14.5. The minimum Gasteiger partial charge on any atom is -0.374 e. The minimum atomic E-state index is 0.132. The van der Waals surface area contributed by atoms with Crippen LogP contribution >= 0.6 is 0 Å². The second-order valence-electron chi connectivity index (χ2n) is 5.61. The van der Waals surface area contributed by atoms with Crippen LogP contribution < -0.4 is 5.32 Å². The van der Waals surface area contributed by atoms with Crippen molar-refractivity contribution in [1.82, 2.24) is 5.32 Å². The van der Waals surface area contributed by atoms with Gasteiger partial charge in [-0.15, -0.1) is 0 Å². The van der Waals surface area contributed by atoms with E-state index >= 15 is 0 Å². The fourth-order valence-corrected chi connectivity index (χ4v) is 2.95. The van der Waals surface area contributed by atoms with Gasteiger partial charge in [0.15, 0.2) is 0 Å². The molecule has 0 spiro atoms. The molecule has 0 saturated heterocycles. The van der Waals surface area contributed by atoms with Gasteiger partial charge in [0.25, 0.3) is 0 Å². The SMILES string of the molecule is CCNCC1(OCCCc2ccccc2)CCCC1. The molecule has 19 heavy (non-hydrogen) atoms. The van der Waals surface area contributed by atoms with Crippen molar-refractivity contribution in [3.05, 3.63) is 35.9 Å². The van der Waals surface area contributed by atoms with Gasteiger partial charge in [0.05, 0.1) is 5.60 Å². The molecular formula is C17H27NO. The van der Waals surface area contributed by atoms with Crippen molar-refractivity contribution in [3.8, 4) is 0 Å². The van der Waals surface area contributed by atoms with E-state index < -0.39 is 0 Å². The maximum atomic E-state index is 6.25. The van der Waals surface area contributed by atoms with Gasteiger partial charge in [0, 0.05) is 13.2 Å². The maximum Gasteiger partial charge on any atom is 0.0806 e. The number of ether oxygens (including phenoxy) is 1. The topological polar surface area (TPSA) is 21.3 Å². The Balaban J connectivity index is 1.70. The highest BCUT2D eigenvalue weighted by atomic mass is 16.5. The Morgan fingerprint density at radius 2 is 1.89 bits per heavy atom. The lowest BCUT2D eigenvalue weighted by Crippen LogP contribution is -2.41. The van der Waals surface area contributed by atoms with E-state index in [9.17, 15) is 0 Å². The summed E-state index contributed by atoms with van der Waals surface area (Å²) in [4.78, 5) is 0. The first-order valence-electron chi connectivity index (χ1n) is 7.73. The largest absolute Gasteiger partial charge is 0.374 e. The summed E-state index contributed by atoms with van der Waals surface area (Å²) in [6, 6.07) is 10.7. The zero-order chi connectivity index (χ0) is 13.4. The van der Waals surface area contributed by atoms with Gasteiger partial charge in [-0.1, -0.05) is 50.1 Å². The second kappa shape index (κ2) is 7.66. The highest BCUT2D eigenvalue weighted by Gasteiger charge is 2.33. The summed E-state index contributed by atoms with van der Waals surface area (Å²) in [5.74, 6) is 0. The molecule has 1 N–H and O–H groups in total. The van der Waals surface area contributed by atoms with E-state index in [1.807, 2.05) is 0 Å². The highest BCUT2D eigenvalue weighted by molar-refractivity contribution is 5.14. The van der Waals surface area contributed by atoms with Gasteiger partial charge in [-0.05, 0) is 37.8 Å². The van der Waals surface area contributed by atoms with E-state index in [0.29, 0.717) is 0 Å². The monoisotopic (exact) mass is 261 g/mol. The van der Waals surface area contributed by atoms with E-state index in [4.69, 9.17) is 4.74 Å². The van der Waals surface area contributed by atoms with Crippen molar-refractivity contribution in [2.45, 2.75) is 51.0 Å². The van der Waals surface area contributed by atoms with Crippen LogP contribution in [0.1, 0.15) is 44.6 Å². The van der Waals surface area contributed by atoms with Gasteiger partial charge in [-0.25, -0.2) is 0 Å².